The molecule has 1 fully saturated rings. The molecule has 1 aliphatic heterocycles. The van der Waals surface area contributed by atoms with E-state index in [1.54, 1.807) is 0 Å². The monoisotopic (exact) mass is 587 g/mol. The number of hydrogen-bond acceptors (Lipinski definition) is 10. The molecule has 0 atom stereocenters. The summed E-state index contributed by atoms with van der Waals surface area (Å²) in [7, 11) is -13.6. The van der Waals surface area contributed by atoms with Crippen LogP contribution in [0.3, 0.4) is 0 Å². The lowest BCUT2D eigenvalue weighted by Gasteiger charge is -2.46. The minimum absolute atomic E-state index is 0.170. The molecule has 1 rings (SSSR count). The summed E-state index contributed by atoms with van der Waals surface area (Å²) in [5.74, 6) is 0. The van der Waals surface area contributed by atoms with Crippen molar-refractivity contribution in [2.24, 2.45) is 0 Å². The van der Waals surface area contributed by atoms with Crippen LogP contribution in [0.1, 0.15) is 96.9 Å². The molecule has 1 radical (unpaired) electrons. The van der Waals surface area contributed by atoms with Gasteiger partial charge in [-0.25, -0.2) is 0 Å². The zero-order chi connectivity index (χ0) is 27.9. The first kappa shape index (κ1) is 34.5. The van der Waals surface area contributed by atoms with Gasteiger partial charge in [0, 0.05) is 42.7 Å². The average Bonchev–Trinajstić information content (AvgIpc) is 2.54. The maximum atomic E-state index is 6.85. The molecule has 0 aromatic rings. The van der Waals surface area contributed by atoms with Crippen LogP contribution >= 0.6 is 0 Å². The molecule has 10 nitrogen and oxygen atoms in total. The molecule has 0 aliphatic carbocycles. The summed E-state index contributed by atoms with van der Waals surface area (Å²) in [5, 5.41) is 0. The molecule has 215 valence electrons. The molecule has 0 N–H and O–H groups in total. The van der Waals surface area contributed by atoms with E-state index in [-0.39, 0.29) is 48.4 Å². The van der Waals surface area contributed by atoms with Crippen molar-refractivity contribution in [2.45, 2.75) is 145 Å². The van der Waals surface area contributed by atoms with Crippen LogP contribution in [0, 0.1) is 0 Å². The van der Waals surface area contributed by atoms with Gasteiger partial charge >= 0.3 is 36.2 Å². The first-order valence-electron chi connectivity index (χ1n) is 13.1. The summed E-state index contributed by atoms with van der Waals surface area (Å²) in [6.45, 7) is 26.9. The first-order valence-corrected chi connectivity index (χ1v) is 19.8. The maximum Gasteiger partial charge on any atom is 0.665 e. The molecule has 1 aliphatic rings. The van der Waals surface area contributed by atoms with Gasteiger partial charge in [-0.1, -0.05) is 0 Å². The second-order valence-electron chi connectivity index (χ2n) is 10.8. The molecule has 0 amide bonds. The third kappa shape index (κ3) is 12.1. The summed E-state index contributed by atoms with van der Waals surface area (Å²) in [6, 6.07) is 0. The van der Waals surface area contributed by atoms with Gasteiger partial charge in [0.05, 0.1) is 5.67 Å². The molecule has 1 heterocycles. The Hall–Kier alpha value is 0.468. The van der Waals surface area contributed by atoms with Gasteiger partial charge in [0.2, 0.25) is 0 Å². The second kappa shape index (κ2) is 14.7. The summed E-state index contributed by atoms with van der Waals surface area (Å²) in [6.07, 6.45) is -1.54. The van der Waals surface area contributed by atoms with Gasteiger partial charge in [0.1, 0.15) is 0 Å². The molecule has 1 saturated heterocycles. The fraction of sp³-hybridized carbons (Fsp3) is 1.00. The van der Waals surface area contributed by atoms with Gasteiger partial charge in [-0.2, -0.15) is 0 Å². The highest BCUT2D eigenvalue weighted by atomic mass is 28.5. The molecular weight excluding hydrogens is 537 g/mol. The van der Waals surface area contributed by atoms with Crippen molar-refractivity contribution < 1.29 is 43.3 Å². The fourth-order valence-corrected chi connectivity index (χ4v) is 19.8. The molecule has 0 spiro atoms. The zero-order valence-electron chi connectivity index (χ0n) is 24.8. The molecule has 0 bridgehead atoms. The first-order chi connectivity index (χ1) is 16.4. The van der Waals surface area contributed by atoms with Gasteiger partial charge < -0.3 is 43.3 Å². The van der Waals surface area contributed by atoms with Crippen LogP contribution in [0.25, 0.3) is 0 Å². The fourth-order valence-electron chi connectivity index (χ4n) is 3.50. The Morgan fingerprint density at radius 3 is 1.17 bits per heavy atom. The molecule has 0 aromatic carbocycles. The minimum Gasteiger partial charge on any atom is -0.371 e. The second-order valence-corrected chi connectivity index (χ2v) is 20.5. The predicted octanol–water partition coefficient (Wildman–Crippen LogP) is 4.86. The van der Waals surface area contributed by atoms with Crippen molar-refractivity contribution in [3.8, 4) is 0 Å². The van der Waals surface area contributed by atoms with Gasteiger partial charge in [-0.3, -0.25) is 0 Å². The lowest BCUT2D eigenvalue weighted by atomic mass is 10.5. The molecule has 36 heavy (non-hydrogen) atoms. The van der Waals surface area contributed by atoms with Crippen LogP contribution in [0.5, 0.6) is 0 Å². The van der Waals surface area contributed by atoms with E-state index in [1.165, 1.54) is 0 Å². The highest BCUT2D eigenvalue weighted by molar-refractivity contribution is 6.87. The van der Waals surface area contributed by atoms with Crippen LogP contribution in [0.4, 0.5) is 0 Å². The van der Waals surface area contributed by atoms with Gasteiger partial charge in [-0.15, -0.1) is 0 Å². The molecule has 0 aromatic heterocycles. The highest BCUT2D eigenvalue weighted by Gasteiger charge is 2.69. The van der Waals surface area contributed by atoms with E-state index in [0.29, 0.717) is 0 Å². The van der Waals surface area contributed by atoms with Crippen molar-refractivity contribution in [1.29, 1.82) is 0 Å². The van der Waals surface area contributed by atoms with E-state index >= 15 is 0 Å². The van der Waals surface area contributed by atoms with E-state index < -0.39 is 36.2 Å². The number of hydrogen-bond donors (Lipinski definition) is 0. The largest absolute Gasteiger partial charge is 0.665 e. The summed E-state index contributed by atoms with van der Waals surface area (Å²) in [5.41, 5.74) is 0.170. The van der Waals surface area contributed by atoms with Gasteiger partial charge in [0.25, 0.3) is 0 Å². The predicted molar refractivity (Wildman–Crippen MR) is 145 cm³/mol. The van der Waals surface area contributed by atoms with Crippen LogP contribution in [-0.2, 0) is 43.3 Å². The SMILES string of the molecule is CC(C)O[Si]1O[Si](OC(C)C)(OC(C)C)C[Si](OC(C)C)(OC(C)C)O[Si](OC(C)C)(OC(C)C)O1. The zero-order valence-corrected chi connectivity index (χ0v) is 28.8. The van der Waals surface area contributed by atoms with Crippen LogP contribution < -0.4 is 0 Å². The lowest BCUT2D eigenvalue weighted by molar-refractivity contribution is -0.0599. The third-order valence-corrected chi connectivity index (χ3v) is 18.7. The Balaban J connectivity index is 3.85. The van der Waals surface area contributed by atoms with E-state index in [9.17, 15) is 0 Å². The van der Waals surface area contributed by atoms with Gasteiger partial charge in [-0.05, 0) is 96.9 Å². The third-order valence-electron chi connectivity index (χ3n) is 3.91. The van der Waals surface area contributed by atoms with Crippen molar-refractivity contribution in [1.82, 2.24) is 0 Å². The van der Waals surface area contributed by atoms with E-state index in [0.717, 1.165) is 0 Å². The maximum absolute atomic E-state index is 6.85. The molecule has 0 unspecified atom stereocenters. The normalized spacial score (nSPS) is 20.9. The molecule has 14 heteroatoms. The van der Waals surface area contributed by atoms with E-state index in [1.807, 2.05) is 96.9 Å². The summed E-state index contributed by atoms with van der Waals surface area (Å²) >= 11 is 0. The summed E-state index contributed by atoms with van der Waals surface area (Å²) in [4.78, 5) is 0. The van der Waals surface area contributed by atoms with Crippen molar-refractivity contribution in [3.63, 3.8) is 0 Å². The Morgan fingerprint density at radius 1 is 0.472 bits per heavy atom. The smallest absolute Gasteiger partial charge is 0.371 e. The topological polar surface area (TPSA) is 92.3 Å². The minimum atomic E-state index is -3.91. The average molecular weight is 588 g/mol. The van der Waals surface area contributed by atoms with Crippen LogP contribution in [0.15, 0.2) is 0 Å². The van der Waals surface area contributed by atoms with E-state index in [4.69, 9.17) is 43.3 Å². The lowest BCUT2D eigenvalue weighted by Crippen LogP contribution is -2.72. The highest BCUT2D eigenvalue weighted by Crippen LogP contribution is 2.37. The molecular formula is C22H51O10Si4. The Labute approximate surface area is 224 Å². The van der Waals surface area contributed by atoms with Crippen molar-refractivity contribution in [3.05, 3.63) is 0 Å². The van der Waals surface area contributed by atoms with Crippen LogP contribution in [-0.4, -0.2) is 78.9 Å². The number of rotatable bonds is 14. The van der Waals surface area contributed by atoms with Crippen molar-refractivity contribution in [2.75, 3.05) is 0 Å². The Morgan fingerprint density at radius 2 is 0.833 bits per heavy atom. The quantitative estimate of drug-likeness (QED) is 0.262. The Kier molecular flexibility index (Phi) is 14.1. The van der Waals surface area contributed by atoms with Gasteiger partial charge in [0.15, 0.2) is 0 Å². The standard InChI is InChI=1S/C22H51O10Si4/c1-16(2)23-33-30-34(24-17(3)4,25-18(5)6)15-35(26-19(7)8,27-20(9)10)32-36(31-33,28-21(11)12)29-22(13)14/h16-22H,15H2,1-14H3. The van der Waals surface area contributed by atoms with Crippen molar-refractivity contribution >= 4 is 36.2 Å². The Bertz CT molecular complexity index is 566. The van der Waals surface area contributed by atoms with Crippen LogP contribution in [0.2, 0.25) is 5.67 Å². The van der Waals surface area contributed by atoms with E-state index in [2.05, 4.69) is 0 Å². The summed E-state index contributed by atoms with van der Waals surface area (Å²) < 4.78 is 64.9. The molecule has 0 saturated carbocycles.